The molecule has 0 spiro atoms. The zero-order valence-corrected chi connectivity index (χ0v) is 12.2. The van der Waals surface area contributed by atoms with Gasteiger partial charge in [-0.2, -0.15) is 0 Å². The fourth-order valence-corrected chi connectivity index (χ4v) is 6.78. The molecule has 1 nitrogen and oxygen atoms in total. The van der Waals surface area contributed by atoms with Gasteiger partial charge in [-0.05, 0) is 17.8 Å². The molecule has 1 atom stereocenters. The lowest BCUT2D eigenvalue weighted by atomic mass is 10.5. The van der Waals surface area contributed by atoms with Crippen molar-refractivity contribution in [2.75, 3.05) is 13.1 Å². The summed E-state index contributed by atoms with van der Waals surface area (Å²) in [5.74, 6) is 0. The summed E-state index contributed by atoms with van der Waals surface area (Å²) in [6.45, 7) is 17.0. The molecule has 0 aliphatic heterocycles. The summed E-state index contributed by atoms with van der Waals surface area (Å²) in [5.41, 5.74) is 0. The minimum atomic E-state index is -0.631. The van der Waals surface area contributed by atoms with Crippen LogP contribution in [0.15, 0.2) is 0 Å². The first-order valence-corrected chi connectivity index (χ1v) is 9.60. The maximum atomic E-state index is 2.70. The van der Waals surface area contributed by atoms with Gasteiger partial charge < -0.3 is 4.57 Å². The summed E-state index contributed by atoms with van der Waals surface area (Å²) in [7, 11) is -0.478. The Labute approximate surface area is 82.1 Å². The Balaban J connectivity index is 4.23. The second kappa shape index (κ2) is 5.19. The molecule has 0 aromatic rings. The Kier molecular flexibility index (Phi) is 5.36. The Bertz CT molecular complexity index is 122. The number of rotatable bonds is 5. The van der Waals surface area contributed by atoms with E-state index in [1.807, 2.05) is 0 Å². The number of hydrogen-bond acceptors (Lipinski definition) is 1. The summed E-state index contributed by atoms with van der Waals surface area (Å²) in [5, 5.41) is 0. The average Bonchev–Trinajstić information content (AvgIpc) is 2.06. The van der Waals surface area contributed by atoms with Crippen molar-refractivity contribution in [2.24, 2.45) is 0 Å². The molecule has 0 amide bonds. The molecule has 74 valence electrons. The zero-order valence-electron chi connectivity index (χ0n) is 9.65. The van der Waals surface area contributed by atoms with Crippen molar-refractivity contribution in [1.82, 2.24) is 4.57 Å². The molecule has 0 N–H and O–H groups in total. The Morgan fingerprint density at radius 3 is 1.92 bits per heavy atom. The van der Waals surface area contributed by atoms with Gasteiger partial charge in [0.25, 0.3) is 0 Å². The maximum absolute atomic E-state index is 2.70. The molecule has 3 heteroatoms. The predicted molar refractivity (Wildman–Crippen MR) is 64.4 cm³/mol. The van der Waals surface area contributed by atoms with Gasteiger partial charge in [-0.1, -0.05) is 40.8 Å². The first-order valence-electron chi connectivity index (χ1n) is 5.23. The lowest BCUT2D eigenvalue weighted by molar-refractivity contribution is 0.468. The highest BCUT2D eigenvalue weighted by molar-refractivity contribution is 6.71. The van der Waals surface area contributed by atoms with E-state index in [-0.39, 0.29) is 9.52 Å². The maximum Gasteiger partial charge on any atom is 0.111 e. The van der Waals surface area contributed by atoms with Crippen LogP contribution < -0.4 is 0 Å². The van der Waals surface area contributed by atoms with Gasteiger partial charge in [-0.3, -0.25) is 0 Å². The lowest BCUT2D eigenvalue weighted by Crippen LogP contribution is -2.45. The molecule has 0 fully saturated rings. The third-order valence-electron chi connectivity index (χ3n) is 3.40. The standard InChI is InChI=1S/C9H25NSi2/c1-7-10(8-2)12(6)9(3,4)11-5/h12H,7-8,11H2,1-6H3. The van der Waals surface area contributed by atoms with Crippen molar-refractivity contribution in [3.63, 3.8) is 0 Å². The van der Waals surface area contributed by atoms with Crippen LogP contribution >= 0.6 is 0 Å². The van der Waals surface area contributed by atoms with Gasteiger partial charge >= 0.3 is 0 Å². The normalized spacial score (nSPS) is 16.2. The van der Waals surface area contributed by atoms with Gasteiger partial charge in [0.15, 0.2) is 0 Å². The van der Waals surface area contributed by atoms with E-state index in [2.05, 4.69) is 45.4 Å². The summed E-state index contributed by atoms with van der Waals surface area (Å²) >= 11 is 0. The minimum Gasteiger partial charge on any atom is -0.327 e. The molecule has 0 aromatic carbocycles. The van der Waals surface area contributed by atoms with Crippen molar-refractivity contribution in [3.05, 3.63) is 0 Å². The second-order valence-corrected chi connectivity index (χ2v) is 11.2. The van der Waals surface area contributed by atoms with E-state index in [0.29, 0.717) is 0 Å². The van der Waals surface area contributed by atoms with E-state index < -0.39 is 8.96 Å². The smallest absolute Gasteiger partial charge is 0.111 e. The van der Waals surface area contributed by atoms with Crippen molar-refractivity contribution in [1.29, 1.82) is 0 Å². The SMILES string of the molecule is CCN(CC)[SiH](C)C(C)(C)[SiH2]C. The van der Waals surface area contributed by atoms with Crippen molar-refractivity contribution in [2.45, 2.75) is 45.5 Å². The van der Waals surface area contributed by atoms with E-state index in [9.17, 15) is 0 Å². The molecule has 0 aliphatic carbocycles. The molecular formula is C9H25NSi2. The monoisotopic (exact) mass is 203 g/mol. The molecule has 0 aromatic heterocycles. The highest BCUT2D eigenvalue weighted by Crippen LogP contribution is 2.27. The van der Waals surface area contributed by atoms with Crippen LogP contribution in [0, 0.1) is 0 Å². The predicted octanol–water partition coefficient (Wildman–Crippen LogP) is 1.64. The third kappa shape index (κ3) is 3.03. The van der Waals surface area contributed by atoms with Crippen LogP contribution in [-0.4, -0.2) is 36.1 Å². The summed E-state index contributed by atoms with van der Waals surface area (Å²) in [6, 6.07) is 0. The van der Waals surface area contributed by atoms with Crippen LogP contribution in [0.1, 0.15) is 27.7 Å². The Hall–Kier alpha value is 0.394. The Morgan fingerprint density at radius 1 is 1.25 bits per heavy atom. The van der Waals surface area contributed by atoms with Gasteiger partial charge in [-0.25, -0.2) is 0 Å². The lowest BCUT2D eigenvalue weighted by Gasteiger charge is -2.37. The summed E-state index contributed by atoms with van der Waals surface area (Å²) in [6.07, 6.45) is 0. The first-order chi connectivity index (χ1) is 5.49. The second-order valence-electron chi connectivity index (χ2n) is 4.24. The van der Waals surface area contributed by atoms with Crippen LogP contribution in [0.3, 0.4) is 0 Å². The fraction of sp³-hybridized carbons (Fsp3) is 1.00. The topological polar surface area (TPSA) is 3.24 Å². The number of hydrogen-bond donors (Lipinski definition) is 0. The third-order valence-corrected chi connectivity index (χ3v) is 12.3. The quantitative estimate of drug-likeness (QED) is 0.614. The van der Waals surface area contributed by atoms with E-state index in [1.54, 1.807) is 0 Å². The molecule has 0 heterocycles. The Morgan fingerprint density at radius 2 is 1.67 bits per heavy atom. The van der Waals surface area contributed by atoms with Gasteiger partial charge in [0, 0.05) is 9.52 Å². The molecule has 0 aliphatic rings. The average molecular weight is 203 g/mol. The molecule has 1 unspecified atom stereocenters. The zero-order chi connectivity index (χ0) is 9.78. The van der Waals surface area contributed by atoms with Gasteiger partial charge in [0.05, 0.1) is 0 Å². The first kappa shape index (κ1) is 12.4. The molecule has 12 heavy (non-hydrogen) atoms. The summed E-state index contributed by atoms with van der Waals surface area (Å²) < 4.78 is 3.43. The molecule has 0 radical (unpaired) electrons. The van der Waals surface area contributed by atoms with Crippen LogP contribution in [0.5, 0.6) is 0 Å². The molecule has 0 rings (SSSR count). The van der Waals surface area contributed by atoms with Crippen LogP contribution in [-0.2, 0) is 0 Å². The fourth-order valence-electron chi connectivity index (χ4n) is 1.56. The molecule has 0 bridgehead atoms. The minimum absolute atomic E-state index is 0.153. The van der Waals surface area contributed by atoms with Crippen molar-refractivity contribution < 1.29 is 0 Å². The number of nitrogens with zero attached hydrogens (tertiary/aromatic N) is 1. The van der Waals surface area contributed by atoms with Crippen LogP contribution in [0.4, 0.5) is 0 Å². The van der Waals surface area contributed by atoms with Crippen molar-refractivity contribution in [3.8, 4) is 0 Å². The van der Waals surface area contributed by atoms with E-state index in [0.717, 1.165) is 4.66 Å². The van der Waals surface area contributed by atoms with Gasteiger partial charge in [0.1, 0.15) is 8.96 Å². The van der Waals surface area contributed by atoms with Gasteiger partial charge in [-0.15, -0.1) is 0 Å². The molecular weight excluding hydrogens is 178 g/mol. The van der Waals surface area contributed by atoms with Crippen LogP contribution in [0.25, 0.3) is 0 Å². The van der Waals surface area contributed by atoms with Gasteiger partial charge in [0.2, 0.25) is 0 Å². The van der Waals surface area contributed by atoms with E-state index in [1.165, 1.54) is 13.1 Å². The molecule has 0 saturated heterocycles. The molecule has 0 saturated carbocycles. The summed E-state index contributed by atoms with van der Waals surface area (Å²) in [4.78, 5) is 0. The van der Waals surface area contributed by atoms with E-state index >= 15 is 0 Å². The van der Waals surface area contributed by atoms with Crippen LogP contribution in [0.2, 0.25) is 17.8 Å². The van der Waals surface area contributed by atoms with Crippen molar-refractivity contribution >= 4 is 18.5 Å². The highest BCUT2D eigenvalue weighted by Gasteiger charge is 2.28. The highest BCUT2D eigenvalue weighted by atomic mass is 28.3. The van der Waals surface area contributed by atoms with E-state index in [4.69, 9.17) is 0 Å². The largest absolute Gasteiger partial charge is 0.327 e.